The molecule has 3 N–H and O–H groups in total. The minimum Gasteiger partial charge on any atom is -0.445 e. The second kappa shape index (κ2) is 15.1. The van der Waals surface area contributed by atoms with Crippen LogP contribution in [0, 0.1) is 11.3 Å². The molecule has 0 bridgehead atoms. The van der Waals surface area contributed by atoms with Crippen molar-refractivity contribution in [2.75, 3.05) is 30.5 Å². The number of rotatable bonds is 13. The Morgan fingerprint density at radius 1 is 1.12 bits per heavy atom. The molecule has 3 aromatic rings. The average Bonchev–Trinajstić information content (AvgIpc) is 2.97. The summed E-state index contributed by atoms with van der Waals surface area (Å²) in [4.78, 5) is 35.4. The van der Waals surface area contributed by atoms with Crippen LogP contribution in [0.25, 0.3) is 0 Å². The van der Waals surface area contributed by atoms with Crippen LogP contribution < -0.4 is 16.0 Å². The normalized spacial score (nSPS) is 11.8. The molecular weight excluding hydrogens is 569 g/mol. The van der Waals surface area contributed by atoms with Gasteiger partial charge in [-0.05, 0) is 42.7 Å². The lowest BCUT2D eigenvalue weighted by atomic mass is 9.97. The lowest BCUT2D eigenvalue weighted by Crippen LogP contribution is -2.41. The highest BCUT2D eigenvalue weighted by atomic mass is 32.2. The van der Waals surface area contributed by atoms with Gasteiger partial charge in [-0.1, -0.05) is 48.5 Å². The molecule has 0 aliphatic rings. The molecule has 0 aliphatic carbocycles. The Morgan fingerprint density at radius 2 is 1.83 bits per heavy atom. The van der Waals surface area contributed by atoms with Crippen LogP contribution in [0.1, 0.15) is 41.5 Å². The zero-order chi connectivity index (χ0) is 30.7. The number of alkyl carbamates (subject to hydrolysis) is 1. The Labute approximate surface area is 246 Å². The third-order valence-corrected chi connectivity index (χ3v) is 7.05. The van der Waals surface area contributed by atoms with Crippen LogP contribution in [0.4, 0.5) is 29.7 Å². The molecule has 0 saturated carbocycles. The van der Waals surface area contributed by atoms with Crippen LogP contribution in [0.5, 0.6) is 0 Å². The second-order valence-corrected chi connectivity index (χ2v) is 10.1. The summed E-state index contributed by atoms with van der Waals surface area (Å²) in [5.41, 5.74) is 6.22. The number of ether oxygens (including phenoxy) is 1. The van der Waals surface area contributed by atoms with Crippen LogP contribution >= 0.6 is 11.8 Å². The van der Waals surface area contributed by atoms with E-state index in [9.17, 15) is 28.0 Å². The summed E-state index contributed by atoms with van der Waals surface area (Å²) in [6, 6.07) is 15.1. The summed E-state index contributed by atoms with van der Waals surface area (Å²) in [7, 11) is 1.58. The summed E-state index contributed by atoms with van der Waals surface area (Å²) >= 11 is 1.20. The smallest absolute Gasteiger partial charge is 0.416 e. The van der Waals surface area contributed by atoms with Gasteiger partial charge in [0.15, 0.2) is 11.6 Å². The monoisotopic (exact) mass is 600 g/mol. The van der Waals surface area contributed by atoms with Crippen molar-refractivity contribution in [2.24, 2.45) is 0 Å². The fourth-order valence-electron chi connectivity index (χ4n) is 4.27. The molecule has 3 rings (SSSR count). The highest BCUT2D eigenvalue weighted by Crippen LogP contribution is 2.31. The highest BCUT2D eigenvalue weighted by Gasteiger charge is 2.31. The van der Waals surface area contributed by atoms with Crippen LogP contribution in [-0.2, 0) is 28.7 Å². The van der Waals surface area contributed by atoms with Crippen LogP contribution in [0.15, 0.2) is 59.6 Å². The number of hydrogen-bond acceptors (Lipinski definition) is 9. The molecule has 0 radical (unpaired) electrons. The van der Waals surface area contributed by atoms with E-state index < -0.39 is 23.9 Å². The Bertz CT molecular complexity index is 1420. The molecule has 0 saturated heterocycles. The number of nitrogens with two attached hydrogens (primary N) is 1. The zero-order valence-corrected chi connectivity index (χ0v) is 24.0. The number of nitrogen functional groups attached to an aromatic ring is 1. The van der Waals surface area contributed by atoms with Crippen LogP contribution in [0.3, 0.4) is 0 Å². The first-order valence-electron chi connectivity index (χ1n) is 13.0. The average molecular weight is 601 g/mol. The standard InChI is InChI=1S/C29H31F3N6O3S/c1-38(25-22(17-33)26(42-2)37-27(34)36-25)23(24(39)16-20-11-8-12-21(15-20)29(30,31)32)13-6-7-14-35-28(40)41-18-19-9-4-3-5-10-19/h3-5,8-12,15,23H,6-7,13-14,16,18H2,1-2H3,(H,35,40)(H2,34,36,37)/t23-/m0/s1. The Balaban J connectivity index is 1.71. The Morgan fingerprint density at radius 3 is 2.50 bits per heavy atom. The van der Waals surface area contributed by atoms with Gasteiger partial charge in [-0.25, -0.2) is 9.78 Å². The van der Waals surface area contributed by atoms with E-state index in [1.165, 1.54) is 28.8 Å². The van der Waals surface area contributed by atoms with Crippen molar-refractivity contribution in [3.05, 3.63) is 76.9 Å². The molecule has 1 atom stereocenters. The first kappa shape index (κ1) is 32.2. The molecule has 0 spiro atoms. The minimum atomic E-state index is -4.54. The van der Waals surface area contributed by atoms with Crippen LogP contribution in [0.2, 0.25) is 0 Å². The number of alkyl halides is 3. The fraction of sp³-hybridized carbons (Fsp3) is 0.345. The number of nitrogens with one attached hydrogen (secondary N) is 1. The van der Waals surface area contributed by atoms with Gasteiger partial charge in [0.05, 0.1) is 11.6 Å². The van der Waals surface area contributed by atoms with E-state index in [2.05, 4.69) is 21.4 Å². The summed E-state index contributed by atoms with van der Waals surface area (Å²) in [6.45, 7) is 0.414. The lowest BCUT2D eigenvalue weighted by Gasteiger charge is -2.29. The molecule has 1 amide bonds. The maximum Gasteiger partial charge on any atom is 0.416 e. The predicted molar refractivity (Wildman–Crippen MR) is 154 cm³/mol. The number of carbonyl (C=O) groups is 2. The van der Waals surface area contributed by atoms with Gasteiger partial charge in [0.25, 0.3) is 0 Å². The van der Waals surface area contributed by atoms with Crippen LogP contribution in [-0.4, -0.2) is 47.7 Å². The maximum atomic E-state index is 13.5. The Hall–Kier alpha value is -4.31. The molecule has 0 fully saturated rings. The molecule has 42 heavy (non-hydrogen) atoms. The van der Waals surface area contributed by atoms with E-state index in [-0.39, 0.29) is 54.7 Å². The summed E-state index contributed by atoms with van der Waals surface area (Å²) in [6.07, 6.45) is -2.42. The molecule has 1 heterocycles. The van der Waals surface area contributed by atoms with Gasteiger partial charge >= 0.3 is 12.3 Å². The van der Waals surface area contributed by atoms with Gasteiger partial charge in [-0.3, -0.25) is 4.79 Å². The van der Waals surface area contributed by atoms with Gasteiger partial charge in [0, 0.05) is 20.0 Å². The fourth-order valence-corrected chi connectivity index (χ4v) is 4.79. The number of benzene rings is 2. The molecule has 2 aromatic carbocycles. The number of likely N-dealkylation sites (N-methyl/N-ethyl adjacent to an activating group) is 1. The maximum absolute atomic E-state index is 13.5. The van der Waals surface area contributed by atoms with E-state index in [0.29, 0.717) is 17.9 Å². The first-order valence-corrected chi connectivity index (χ1v) is 14.2. The molecule has 0 aliphatic heterocycles. The summed E-state index contributed by atoms with van der Waals surface area (Å²) in [5.74, 6) is -0.291. The van der Waals surface area contributed by atoms with E-state index in [1.807, 2.05) is 30.3 Å². The van der Waals surface area contributed by atoms with Gasteiger partial charge in [0.1, 0.15) is 23.3 Å². The van der Waals surface area contributed by atoms with Crippen molar-refractivity contribution in [1.82, 2.24) is 15.3 Å². The van der Waals surface area contributed by atoms with Crippen molar-refractivity contribution >= 4 is 35.4 Å². The number of carbonyl (C=O) groups excluding carboxylic acids is 2. The lowest BCUT2D eigenvalue weighted by molar-refractivity contribution is -0.137. The second-order valence-electron chi connectivity index (χ2n) is 9.35. The van der Waals surface area contributed by atoms with E-state index in [4.69, 9.17) is 10.5 Å². The van der Waals surface area contributed by atoms with Crippen molar-refractivity contribution in [3.63, 3.8) is 0 Å². The molecule has 9 nitrogen and oxygen atoms in total. The van der Waals surface area contributed by atoms with Gasteiger partial charge in [-0.15, -0.1) is 11.8 Å². The number of nitriles is 1. The number of anilines is 2. The number of ketones is 1. The quantitative estimate of drug-likeness (QED) is 0.151. The number of aromatic nitrogens is 2. The molecule has 222 valence electrons. The number of nitrogens with zero attached hydrogens (tertiary/aromatic N) is 4. The summed E-state index contributed by atoms with van der Waals surface area (Å²) < 4.78 is 44.9. The minimum absolute atomic E-state index is 0.0810. The van der Waals surface area contributed by atoms with Crippen molar-refractivity contribution < 1.29 is 27.5 Å². The number of amides is 1. The number of Topliss-reactive ketones (excluding diaryl/α,β-unsaturated/α-hetero) is 1. The molecule has 0 unspecified atom stereocenters. The molecule has 1 aromatic heterocycles. The van der Waals surface area contributed by atoms with Gasteiger partial charge in [0.2, 0.25) is 5.95 Å². The Kier molecular flexibility index (Phi) is 11.6. The van der Waals surface area contributed by atoms with E-state index >= 15 is 0 Å². The largest absolute Gasteiger partial charge is 0.445 e. The number of hydrogen-bond donors (Lipinski definition) is 2. The highest BCUT2D eigenvalue weighted by molar-refractivity contribution is 7.98. The predicted octanol–water partition coefficient (Wildman–Crippen LogP) is 5.38. The number of unbranched alkanes of at least 4 members (excludes halogenated alkanes) is 1. The topological polar surface area (TPSA) is 134 Å². The third-order valence-electron chi connectivity index (χ3n) is 6.37. The van der Waals surface area contributed by atoms with Gasteiger partial charge < -0.3 is 20.7 Å². The zero-order valence-electron chi connectivity index (χ0n) is 23.1. The molecule has 13 heteroatoms. The van der Waals surface area contributed by atoms with E-state index in [1.54, 1.807) is 13.3 Å². The van der Waals surface area contributed by atoms with Gasteiger partial charge in [-0.2, -0.15) is 23.4 Å². The number of halogens is 3. The SMILES string of the molecule is CSc1nc(N)nc(N(C)[C@@H](CCCCNC(=O)OCc2ccccc2)C(=O)Cc2cccc(C(F)(F)F)c2)c1C#N. The number of thioether (sulfide) groups is 1. The summed E-state index contributed by atoms with van der Waals surface area (Å²) in [5, 5.41) is 12.8. The van der Waals surface area contributed by atoms with Crippen molar-refractivity contribution in [1.29, 1.82) is 5.26 Å². The first-order chi connectivity index (χ1) is 20.0. The van der Waals surface area contributed by atoms with E-state index in [0.717, 1.165) is 17.7 Å². The molecular formula is C29H31F3N6O3S. The van der Waals surface area contributed by atoms with Crippen molar-refractivity contribution in [2.45, 2.75) is 49.5 Å². The van der Waals surface area contributed by atoms with Crippen molar-refractivity contribution in [3.8, 4) is 6.07 Å². The third kappa shape index (κ3) is 9.10.